The highest BCUT2D eigenvalue weighted by atomic mass is 14.1. The van der Waals surface area contributed by atoms with E-state index >= 15 is 0 Å². The molecule has 2 atom stereocenters. The van der Waals surface area contributed by atoms with Crippen molar-refractivity contribution < 1.29 is 0 Å². The minimum absolute atomic E-state index is 1.08. The van der Waals surface area contributed by atoms with E-state index < -0.39 is 0 Å². The van der Waals surface area contributed by atoms with Crippen LogP contribution in [-0.2, 0) is 0 Å². The second-order valence-electron chi connectivity index (χ2n) is 3.74. The van der Waals surface area contributed by atoms with Gasteiger partial charge in [-0.05, 0) is 0 Å². The summed E-state index contributed by atoms with van der Waals surface area (Å²) in [6, 6.07) is 0. The first kappa shape index (κ1) is 8.16. The fraction of sp³-hybridized carbons (Fsp3) is 1.00. The van der Waals surface area contributed by atoms with E-state index in [9.17, 15) is 0 Å². The van der Waals surface area contributed by atoms with E-state index in [2.05, 4.69) is 13.8 Å². The Hall–Kier alpha value is 0.0649. The summed E-state index contributed by atoms with van der Waals surface area (Å²) in [4.78, 5) is 0. The predicted octanol–water partition coefficient (Wildman–Crippen LogP) is 3.00. The van der Waals surface area contributed by atoms with Crippen LogP contribution < -0.4 is 0 Å². The van der Waals surface area contributed by atoms with Gasteiger partial charge in [-0.1, -0.05) is 57.6 Å². The van der Waals surface area contributed by atoms with Gasteiger partial charge in [-0.25, -0.2) is 0 Å². The highest BCUT2D eigenvalue weighted by molar-refractivity contribution is 6.40. The summed E-state index contributed by atoms with van der Waals surface area (Å²) < 4.78 is 0. The molecule has 1 aliphatic rings. The molecule has 1 fully saturated rings. The second kappa shape index (κ2) is 4.05. The summed E-state index contributed by atoms with van der Waals surface area (Å²) in [5.74, 6) is 2.17. The third-order valence-electron chi connectivity index (χ3n) is 2.92. The second-order valence-corrected chi connectivity index (χ2v) is 3.74. The molecule has 0 spiro atoms. The number of hydrogen-bond donors (Lipinski definition) is 0. The summed E-state index contributed by atoms with van der Waals surface area (Å²) in [6.07, 6.45) is 7.32. The lowest BCUT2D eigenvalue weighted by Gasteiger charge is -2.04. The normalized spacial score (nSPS) is 32.2. The van der Waals surface area contributed by atoms with Crippen LogP contribution >= 0.6 is 0 Å². The largest absolute Gasteiger partial charge is 0.127 e. The predicted molar refractivity (Wildman–Crippen MR) is 49.1 cm³/mol. The van der Waals surface area contributed by atoms with E-state index in [0.29, 0.717) is 0 Å². The van der Waals surface area contributed by atoms with Crippen molar-refractivity contribution in [3.8, 4) is 0 Å². The van der Waals surface area contributed by atoms with Gasteiger partial charge in [0.1, 0.15) is 7.28 Å². The molecule has 0 aliphatic carbocycles. The van der Waals surface area contributed by atoms with Crippen molar-refractivity contribution >= 4 is 7.28 Å². The van der Waals surface area contributed by atoms with Crippen LogP contribution in [0.2, 0.25) is 11.6 Å². The van der Waals surface area contributed by atoms with E-state index in [-0.39, 0.29) is 0 Å². The van der Waals surface area contributed by atoms with Crippen LogP contribution in [-0.4, -0.2) is 7.28 Å². The maximum atomic E-state index is 2.33. The Bertz CT molecular complexity index is 90.7. The highest BCUT2D eigenvalue weighted by Gasteiger charge is 2.23. The average Bonchev–Trinajstić information content (AvgIpc) is 2.37. The summed E-state index contributed by atoms with van der Waals surface area (Å²) in [5, 5.41) is 0. The van der Waals surface area contributed by atoms with Gasteiger partial charge in [0, 0.05) is 0 Å². The lowest BCUT2D eigenvalue weighted by molar-refractivity contribution is 0.656. The average molecular weight is 138 g/mol. The molecule has 1 rings (SSSR count). The van der Waals surface area contributed by atoms with Gasteiger partial charge in [0.2, 0.25) is 0 Å². The van der Waals surface area contributed by atoms with E-state index in [1.807, 2.05) is 0 Å². The van der Waals surface area contributed by atoms with Gasteiger partial charge in [-0.2, -0.15) is 0 Å². The van der Waals surface area contributed by atoms with Crippen LogP contribution in [0.15, 0.2) is 0 Å². The Morgan fingerprint density at radius 2 is 1.90 bits per heavy atom. The molecule has 0 nitrogen and oxygen atoms in total. The van der Waals surface area contributed by atoms with Crippen molar-refractivity contribution in [2.75, 3.05) is 0 Å². The van der Waals surface area contributed by atoms with Crippen LogP contribution in [0.4, 0.5) is 0 Å². The molecule has 0 radical (unpaired) electrons. The van der Waals surface area contributed by atoms with E-state index in [4.69, 9.17) is 0 Å². The van der Waals surface area contributed by atoms with Crippen molar-refractivity contribution in [3.05, 3.63) is 0 Å². The molecular weight excluding hydrogens is 119 g/mol. The quantitative estimate of drug-likeness (QED) is 0.526. The first-order chi connectivity index (χ1) is 4.86. The first-order valence-corrected chi connectivity index (χ1v) is 4.86. The van der Waals surface area contributed by atoms with Crippen molar-refractivity contribution in [1.29, 1.82) is 0 Å². The van der Waals surface area contributed by atoms with E-state index in [0.717, 1.165) is 11.6 Å². The fourth-order valence-electron chi connectivity index (χ4n) is 2.22. The molecule has 0 bridgehead atoms. The Kier molecular flexibility index (Phi) is 3.31. The first-order valence-electron chi connectivity index (χ1n) is 4.86. The Morgan fingerprint density at radius 3 is 2.40 bits per heavy atom. The van der Waals surface area contributed by atoms with Gasteiger partial charge in [0.25, 0.3) is 0 Å². The van der Waals surface area contributed by atoms with Crippen LogP contribution in [0.5, 0.6) is 0 Å². The summed E-state index contributed by atoms with van der Waals surface area (Å²) in [6.45, 7) is 4.64. The third kappa shape index (κ3) is 2.03. The maximum absolute atomic E-state index is 2.33. The van der Waals surface area contributed by atoms with Crippen molar-refractivity contribution in [1.82, 2.24) is 0 Å². The summed E-state index contributed by atoms with van der Waals surface area (Å²) in [5.41, 5.74) is 0. The van der Waals surface area contributed by atoms with E-state index in [1.165, 1.54) is 39.4 Å². The molecule has 58 valence electrons. The molecular formula is C9H19B. The maximum Gasteiger partial charge on any atom is 0.127 e. The molecule has 0 aromatic carbocycles. The van der Waals surface area contributed by atoms with Crippen molar-refractivity contribution in [2.24, 2.45) is 0 Å². The Labute approximate surface area is 65.6 Å². The van der Waals surface area contributed by atoms with Crippen LogP contribution in [0.1, 0.15) is 46.0 Å². The third-order valence-corrected chi connectivity index (χ3v) is 2.92. The molecule has 10 heavy (non-hydrogen) atoms. The SMILES string of the molecule is CCCC1BC(CC)CC1. The van der Waals surface area contributed by atoms with Gasteiger partial charge in [0.15, 0.2) is 0 Å². The molecule has 1 heterocycles. The molecule has 1 saturated heterocycles. The molecule has 1 aliphatic heterocycles. The molecule has 2 unspecified atom stereocenters. The molecule has 0 saturated carbocycles. The zero-order valence-electron chi connectivity index (χ0n) is 7.40. The van der Waals surface area contributed by atoms with Gasteiger partial charge in [0.05, 0.1) is 0 Å². The fourth-order valence-corrected chi connectivity index (χ4v) is 2.22. The van der Waals surface area contributed by atoms with Crippen LogP contribution in [0, 0.1) is 0 Å². The highest BCUT2D eigenvalue weighted by Crippen LogP contribution is 2.36. The van der Waals surface area contributed by atoms with Gasteiger partial charge in [-0.15, -0.1) is 0 Å². The number of rotatable bonds is 3. The zero-order valence-corrected chi connectivity index (χ0v) is 7.40. The molecule has 0 N–H and O–H groups in total. The summed E-state index contributed by atoms with van der Waals surface area (Å²) in [7, 11) is 1.53. The lowest BCUT2D eigenvalue weighted by Crippen LogP contribution is -1.98. The van der Waals surface area contributed by atoms with Gasteiger partial charge < -0.3 is 0 Å². The minimum atomic E-state index is 1.08. The monoisotopic (exact) mass is 138 g/mol. The summed E-state index contributed by atoms with van der Waals surface area (Å²) >= 11 is 0. The van der Waals surface area contributed by atoms with Crippen molar-refractivity contribution in [3.63, 3.8) is 0 Å². The molecule has 0 amide bonds. The minimum Gasteiger partial charge on any atom is -0.0658 e. The van der Waals surface area contributed by atoms with Crippen LogP contribution in [0.3, 0.4) is 0 Å². The standard InChI is InChI=1S/C9H19B/c1-3-5-9-7-6-8(4-2)10-9/h8-10H,3-7H2,1-2H3. The zero-order chi connectivity index (χ0) is 7.40. The molecule has 1 heteroatoms. The molecule has 0 aromatic heterocycles. The number of hydrogen-bond acceptors (Lipinski definition) is 0. The lowest BCUT2D eigenvalue weighted by atomic mass is 9.58. The Balaban J connectivity index is 2.15. The van der Waals surface area contributed by atoms with E-state index in [1.54, 1.807) is 0 Å². The smallest absolute Gasteiger partial charge is 0.0658 e. The molecule has 0 aromatic rings. The topological polar surface area (TPSA) is 0 Å². The van der Waals surface area contributed by atoms with Gasteiger partial charge >= 0.3 is 0 Å². The van der Waals surface area contributed by atoms with Crippen LogP contribution in [0.25, 0.3) is 0 Å². The van der Waals surface area contributed by atoms with Gasteiger partial charge in [-0.3, -0.25) is 0 Å². The van der Waals surface area contributed by atoms with Crippen molar-refractivity contribution in [2.45, 2.75) is 57.6 Å². The Morgan fingerprint density at radius 1 is 1.20 bits per heavy atom.